The Balaban J connectivity index is 1.24. The van der Waals surface area contributed by atoms with Crippen molar-refractivity contribution in [3.8, 4) is 45.7 Å². The first kappa shape index (κ1) is 29.4. The summed E-state index contributed by atoms with van der Waals surface area (Å²) in [6.45, 7) is 0. The molecule has 6 nitrogen and oxygen atoms in total. The molecule has 5 aromatic heterocycles. The van der Waals surface area contributed by atoms with Gasteiger partial charge in [-0.05, 0) is 30.3 Å². The van der Waals surface area contributed by atoms with Gasteiger partial charge >= 0.3 is 0 Å². The minimum atomic E-state index is 0.519. The third-order valence-corrected chi connectivity index (χ3v) is 12.2. The van der Waals surface area contributed by atoms with E-state index >= 15 is 0 Å². The fourth-order valence-corrected chi connectivity index (χ4v) is 9.80. The first-order valence-corrected chi connectivity index (χ1v) is 18.7. The molecule has 8 heteroatoms. The molecule has 0 bridgehead atoms. The van der Waals surface area contributed by atoms with E-state index in [1.807, 2.05) is 30.3 Å². The minimum Gasteiger partial charge on any atom is -0.344 e. The monoisotopic (exact) mass is 702 g/mol. The number of hydrogen-bond donors (Lipinski definition) is 0. The molecule has 6 aromatic carbocycles. The number of hydrogen-bond acceptors (Lipinski definition) is 7. The van der Waals surface area contributed by atoms with Gasteiger partial charge in [-0.1, -0.05) is 109 Å². The highest BCUT2D eigenvalue weighted by Crippen LogP contribution is 2.43. The molecule has 0 saturated heterocycles. The predicted octanol–water partition coefficient (Wildman–Crippen LogP) is 11.7. The summed E-state index contributed by atoms with van der Waals surface area (Å²) in [5.41, 5.74) is 6.74. The van der Waals surface area contributed by atoms with Crippen LogP contribution in [0.15, 0.2) is 140 Å². The number of benzene rings is 6. The van der Waals surface area contributed by atoms with Crippen molar-refractivity contribution in [3.05, 3.63) is 140 Å². The van der Waals surface area contributed by atoms with Crippen LogP contribution in [0.5, 0.6) is 0 Å². The van der Waals surface area contributed by atoms with Crippen molar-refractivity contribution < 1.29 is 0 Å². The van der Waals surface area contributed by atoms with Gasteiger partial charge in [-0.25, -0.2) is 24.9 Å². The Morgan fingerprint density at radius 3 is 1.87 bits per heavy atom. The Labute approximate surface area is 305 Å². The van der Waals surface area contributed by atoms with Crippen molar-refractivity contribution in [2.75, 3.05) is 0 Å². The summed E-state index contributed by atoms with van der Waals surface area (Å²) in [5.74, 6) is 2.37. The average Bonchev–Trinajstić information content (AvgIpc) is 3.87. The topological polar surface area (TPSA) is 69.4 Å². The molecular formula is C44H26N6S2. The van der Waals surface area contributed by atoms with Crippen LogP contribution in [0, 0.1) is 0 Å². The Hall–Kier alpha value is -6.35. The molecule has 11 rings (SSSR count). The number of aromatic nitrogens is 6. The van der Waals surface area contributed by atoms with Crippen molar-refractivity contribution in [2.45, 2.75) is 0 Å². The van der Waals surface area contributed by atoms with Crippen LogP contribution >= 0.6 is 22.7 Å². The Morgan fingerprint density at radius 1 is 0.423 bits per heavy atom. The molecule has 52 heavy (non-hydrogen) atoms. The maximum atomic E-state index is 5.41. The molecule has 0 radical (unpaired) electrons. The zero-order valence-corrected chi connectivity index (χ0v) is 29.4. The highest BCUT2D eigenvalue weighted by molar-refractivity contribution is 7.26. The smallest absolute Gasteiger partial charge is 0.184 e. The standard InChI is InChI=1S/C44H26N6S2/c1-50-31-20-8-5-15-26(31)36-29(18-11-21-32(36)50)42-45-38-28-17-7-10-23-34(28)52-40(38)39(46-42)44-48-41(25-13-3-2-4-14-25)47-43(49-44)30-19-12-24-35-37(30)27-16-6-9-22-33(27)51-35/h2-24H,1H3. The quantitative estimate of drug-likeness (QED) is 0.183. The fraction of sp³-hybridized carbons (Fsp3) is 0.0227. The summed E-state index contributed by atoms with van der Waals surface area (Å²) < 4.78 is 6.76. The highest BCUT2D eigenvalue weighted by Gasteiger charge is 2.23. The van der Waals surface area contributed by atoms with Gasteiger partial charge in [0, 0.05) is 75.8 Å². The Morgan fingerprint density at radius 2 is 1.02 bits per heavy atom. The van der Waals surface area contributed by atoms with Crippen LogP contribution in [0.3, 0.4) is 0 Å². The summed E-state index contributed by atoms with van der Waals surface area (Å²) in [6, 6.07) is 48.4. The van der Waals surface area contributed by atoms with E-state index in [0.717, 1.165) is 58.8 Å². The first-order chi connectivity index (χ1) is 25.7. The molecule has 11 aromatic rings. The third-order valence-electron chi connectivity index (χ3n) is 9.92. The zero-order valence-electron chi connectivity index (χ0n) is 27.8. The van der Waals surface area contributed by atoms with Crippen molar-refractivity contribution in [1.82, 2.24) is 29.5 Å². The van der Waals surface area contributed by atoms with E-state index in [0.29, 0.717) is 29.0 Å². The zero-order chi connectivity index (χ0) is 34.3. The molecule has 244 valence electrons. The molecule has 0 fully saturated rings. The number of aryl methyl sites for hydroxylation is 1. The van der Waals surface area contributed by atoms with Gasteiger partial charge in [0.15, 0.2) is 23.3 Å². The van der Waals surface area contributed by atoms with Gasteiger partial charge in [0.1, 0.15) is 5.69 Å². The van der Waals surface area contributed by atoms with Gasteiger partial charge in [0.25, 0.3) is 0 Å². The van der Waals surface area contributed by atoms with E-state index < -0.39 is 0 Å². The molecule has 0 aliphatic rings. The first-order valence-electron chi connectivity index (χ1n) is 17.1. The lowest BCUT2D eigenvalue weighted by molar-refractivity contribution is 1.01. The second-order valence-electron chi connectivity index (χ2n) is 12.9. The molecule has 0 atom stereocenters. The van der Waals surface area contributed by atoms with Crippen LogP contribution in [0.25, 0.3) is 108 Å². The summed E-state index contributed by atoms with van der Waals surface area (Å²) in [6.07, 6.45) is 0. The van der Waals surface area contributed by atoms with Crippen molar-refractivity contribution in [2.24, 2.45) is 7.05 Å². The van der Waals surface area contributed by atoms with Crippen LogP contribution < -0.4 is 0 Å². The predicted molar refractivity (Wildman–Crippen MR) is 217 cm³/mol. The van der Waals surface area contributed by atoms with Gasteiger partial charge in [-0.2, -0.15) is 0 Å². The summed E-state index contributed by atoms with van der Waals surface area (Å²) in [4.78, 5) is 26.4. The number of para-hydroxylation sites is 1. The Bertz CT molecular complexity index is 3210. The SMILES string of the molecule is Cn1c2ccccc2c2c(-c3nc(-c4nc(-c5ccccc5)nc(-c5cccc6sc7ccccc7c56)n4)c4sc5ccccc5c4n3)cccc21. The van der Waals surface area contributed by atoms with Crippen molar-refractivity contribution >= 4 is 85.0 Å². The molecule has 0 aliphatic heterocycles. The number of fused-ring (bicyclic) bond motifs is 9. The van der Waals surface area contributed by atoms with E-state index in [1.165, 1.54) is 20.2 Å². The van der Waals surface area contributed by atoms with E-state index in [9.17, 15) is 0 Å². The number of thiophene rings is 2. The third kappa shape index (κ3) is 4.38. The summed E-state index contributed by atoms with van der Waals surface area (Å²) in [5, 5.41) is 5.73. The Kier molecular flexibility index (Phi) is 6.40. The largest absolute Gasteiger partial charge is 0.344 e. The summed E-state index contributed by atoms with van der Waals surface area (Å²) in [7, 11) is 2.12. The average molecular weight is 703 g/mol. The van der Waals surface area contributed by atoms with Crippen LogP contribution in [-0.2, 0) is 7.05 Å². The summed E-state index contributed by atoms with van der Waals surface area (Å²) >= 11 is 3.47. The molecule has 0 unspecified atom stereocenters. The maximum Gasteiger partial charge on any atom is 0.184 e. The van der Waals surface area contributed by atoms with Crippen LogP contribution in [-0.4, -0.2) is 29.5 Å². The lowest BCUT2D eigenvalue weighted by atomic mass is 10.0. The molecule has 0 aliphatic carbocycles. The van der Waals surface area contributed by atoms with Crippen LogP contribution in [0.2, 0.25) is 0 Å². The van der Waals surface area contributed by atoms with E-state index in [2.05, 4.69) is 121 Å². The second-order valence-corrected chi connectivity index (χ2v) is 15.0. The van der Waals surface area contributed by atoms with Crippen molar-refractivity contribution in [3.63, 3.8) is 0 Å². The van der Waals surface area contributed by atoms with Gasteiger partial charge in [0.05, 0.1) is 10.2 Å². The molecule has 0 N–H and O–H groups in total. The number of nitrogens with zero attached hydrogens (tertiary/aromatic N) is 6. The van der Waals surface area contributed by atoms with Gasteiger partial charge < -0.3 is 4.57 Å². The molecule has 0 amide bonds. The van der Waals surface area contributed by atoms with E-state index in [4.69, 9.17) is 24.9 Å². The normalized spacial score (nSPS) is 11.9. The molecular weight excluding hydrogens is 677 g/mol. The molecule has 0 spiro atoms. The highest BCUT2D eigenvalue weighted by atomic mass is 32.1. The maximum absolute atomic E-state index is 5.41. The molecule has 0 saturated carbocycles. The van der Waals surface area contributed by atoms with Crippen LogP contribution in [0.4, 0.5) is 0 Å². The number of rotatable bonds is 4. The van der Waals surface area contributed by atoms with Gasteiger partial charge in [-0.3, -0.25) is 0 Å². The lowest BCUT2D eigenvalue weighted by Crippen LogP contribution is -2.03. The van der Waals surface area contributed by atoms with Crippen molar-refractivity contribution in [1.29, 1.82) is 0 Å². The van der Waals surface area contributed by atoms with Gasteiger partial charge in [-0.15, -0.1) is 22.7 Å². The molecule has 5 heterocycles. The lowest BCUT2D eigenvalue weighted by Gasteiger charge is -2.11. The van der Waals surface area contributed by atoms with Crippen LogP contribution in [0.1, 0.15) is 0 Å². The van der Waals surface area contributed by atoms with E-state index in [-0.39, 0.29) is 0 Å². The van der Waals surface area contributed by atoms with E-state index in [1.54, 1.807) is 22.7 Å². The second kappa shape index (κ2) is 11.3. The van der Waals surface area contributed by atoms with Gasteiger partial charge in [0.2, 0.25) is 0 Å². The minimum absolute atomic E-state index is 0.519. The fourth-order valence-electron chi connectivity index (χ4n) is 7.54.